The van der Waals surface area contributed by atoms with Crippen molar-refractivity contribution < 1.29 is 22.5 Å². The molecule has 1 amide bonds. The summed E-state index contributed by atoms with van der Waals surface area (Å²) in [6.45, 7) is 0.533. The molecule has 0 saturated carbocycles. The molecule has 0 N–H and O–H groups in total. The fourth-order valence-corrected chi connectivity index (χ4v) is 2.07. The van der Waals surface area contributed by atoms with Crippen LogP contribution in [0.15, 0.2) is 0 Å². The van der Waals surface area contributed by atoms with Gasteiger partial charge in [0.2, 0.25) is 0 Å². The maximum atomic E-state index is 10.8. The molecule has 1 heterocycles. The molecular formula is C7H12NO5S-. The number of carbonyl (C=O) groups is 1. The molecule has 0 spiro atoms. The number of hydrogen-bond acceptors (Lipinski definition) is 5. The zero-order valence-corrected chi connectivity index (χ0v) is 8.62. The number of carboxylic acid groups (broad SMARTS) is 1. The highest BCUT2D eigenvalue weighted by Gasteiger charge is 2.22. The minimum atomic E-state index is -3.44. The van der Waals surface area contributed by atoms with Gasteiger partial charge in [-0.1, -0.05) is 0 Å². The Morgan fingerprint density at radius 1 is 1.43 bits per heavy atom. The summed E-state index contributed by atoms with van der Waals surface area (Å²) in [5, 5.41) is 10.4. The largest absolute Gasteiger partial charge is 0.530 e. The Balaban J connectivity index is 2.40. The summed E-state index contributed by atoms with van der Waals surface area (Å²) >= 11 is 0. The number of hydrogen-bond donors (Lipinski definition) is 0. The van der Waals surface area contributed by atoms with Crippen LogP contribution in [-0.4, -0.2) is 44.9 Å². The van der Waals surface area contributed by atoms with Crippen molar-refractivity contribution >= 4 is 16.2 Å². The van der Waals surface area contributed by atoms with Gasteiger partial charge in [0.25, 0.3) is 10.1 Å². The summed E-state index contributed by atoms with van der Waals surface area (Å²) in [7, 11) is -3.44. The monoisotopic (exact) mass is 222 g/mol. The predicted octanol–water partition coefficient (Wildman–Crippen LogP) is -1.23. The average molecular weight is 222 g/mol. The van der Waals surface area contributed by atoms with Gasteiger partial charge >= 0.3 is 0 Å². The topological polar surface area (TPSA) is 86.7 Å². The second kappa shape index (κ2) is 4.14. The second-order valence-corrected chi connectivity index (χ2v) is 4.85. The smallest absolute Gasteiger partial charge is 0.264 e. The summed E-state index contributed by atoms with van der Waals surface area (Å²) < 4.78 is 26.2. The zero-order valence-electron chi connectivity index (χ0n) is 7.80. The molecule has 0 unspecified atom stereocenters. The van der Waals surface area contributed by atoms with Crippen LogP contribution in [0.2, 0.25) is 0 Å². The maximum absolute atomic E-state index is 10.8. The molecule has 0 aromatic rings. The highest BCUT2D eigenvalue weighted by Crippen LogP contribution is 2.14. The molecule has 82 valence electrons. The third-order valence-corrected chi connectivity index (χ3v) is 2.63. The fraction of sp³-hybridized carbons (Fsp3) is 0.857. The molecule has 1 saturated heterocycles. The van der Waals surface area contributed by atoms with Crippen LogP contribution < -0.4 is 5.11 Å². The van der Waals surface area contributed by atoms with Crippen LogP contribution in [0.25, 0.3) is 0 Å². The normalized spacial score (nSPS) is 19.6. The minimum absolute atomic E-state index is 0.266. The van der Waals surface area contributed by atoms with E-state index >= 15 is 0 Å². The number of nitrogens with zero attached hydrogens (tertiary/aromatic N) is 1. The standard InChI is InChI=1S/C7H13NO5S/c1-14(11,12)13-6-2-4-8(5-3-6)7(9)10/h6H,2-5H2,1H3,(H,9,10)/p-1. The summed E-state index contributed by atoms with van der Waals surface area (Å²) in [5.41, 5.74) is 0. The Hall–Kier alpha value is -0.820. The van der Waals surface area contributed by atoms with Crippen LogP contribution in [0.3, 0.4) is 0 Å². The lowest BCUT2D eigenvalue weighted by molar-refractivity contribution is -0.266. The Morgan fingerprint density at radius 2 is 1.93 bits per heavy atom. The quantitative estimate of drug-likeness (QED) is 0.546. The first kappa shape index (κ1) is 11.3. The van der Waals surface area contributed by atoms with E-state index in [0.717, 1.165) is 11.2 Å². The predicted molar refractivity (Wildman–Crippen MR) is 45.9 cm³/mol. The third-order valence-electron chi connectivity index (χ3n) is 2.01. The third kappa shape index (κ3) is 3.51. The number of amides is 1. The van der Waals surface area contributed by atoms with Crippen molar-refractivity contribution in [3.8, 4) is 0 Å². The Labute approximate surface area is 82.6 Å². The molecule has 0 aromatic heterocycles. The molecule has 14 heavy (non-hydrogen) atoms. The van der Waals surface area contributed by atoms with E-state index in [1.165, 1.54) is 0 Å². The lowest BCUT2D eigenvalue weighted by Crippen LogP contribution is -2.47. The SMILES string of the molecule is CS(=O)(=O)OC1CCN(C(=O)[O-])CC1. The lowest BCUT2D eigenvalue weighted by Gasteiger charge is -2.32. The van der Waals surface area contributed by atoms with Crippen LogP contribution >= 0.6 is 0 Å². The van der Waals surface area contributed by atoms with E-state index in [0.29, 0.717) is 12.8 Å². The van der Waals surface area contributed by atoms with Crippen LogP contribution in [0.1, 0.15) is 12.8 Å². The summed E-state index contributed by atoms with van der Waals surface area (Å²) in [5.74, 6) is 0. The highest BCUT2D eigenvalue weighted by molar-refractivity contribution is 7.86. The van der Waals surface area contributed by atoms with Gasteiger partial charge in [-0.25, -0.2) is 0 Å². The van der Waals surface area contributed by atoms with E-state index in [1.54, 1.807) is 0 Å². The number of piperidine rings is 1. The highest BCUT2D eigenvalue weighted by atomic mass is 32.2. The molecule has 7 heteroatoms. The van der Waals surface area contributed by atoms with Crippen LogP contribution in [0.4, 0.5) is 4.79 Å². The molecule has 1 aliphatic rings. The van der Waals surface area contributed by atoms with Gasteiger partial charge in [0.1, 0.15) is 6.09 Å². The molecule has 0 bridgehead atoms. The van der Waals surface area contributed by atoms with E-state index in [1.807, 2.05) is 0 Å². The van der Waals surface area contributed by atoms with Gasteiger partial charge in [0.05, 0.1) is 12.4 Å². The number of rotatable bonds is 2. The number of likely N-dealkylation sites (tertiary alicyclic amines) is 1. The molecule has 6 nitrogen and oxygen atoms in total. The summed E-state index contributed by atoms with van der Waals surface area (Å²) in [4.78, 5) is 11.5. The Kier molecular flexibility index (Phi) is 3.33. The van der Waals surface area contributed by atoms with Gasteiger partial charge in [-0.3, -0.25) is 4.18 Å². The molecule has 0 aliphatic carbocycles. The Morgan fingerprint density at radius 3 is 2.29 bits per heavy atom. The van der Waals surface area contributed by atoms with Gasteiger partial charge in [-0.2, -0.15) is 8.42 Å². The molecule has 0 atom stereocenters. The van der Waals surface area contributed by atoms with Crippen LogP contribution in [0.5, 0.6) is 0 Å². The van der Waals surface area contributed by atoms with Crippen molar-refractivity contribution in [2.45, 2.75) is 18.9 Å². The van der Waals surface area contributed by atoms with Gasteiger partial charge < -0.3 is 14.8 Å². The molecule has 0 aromatic carbocycles. The van der Waals surface area contributed by atoms with Crippen molar-refractivity contribution in [1.29, 1.82) is 0 Å². The molecule has 0 radical (unpaired) electrons. The van der Waals surface area contributed by atoms with Crippen molar-refractivity contribution in [2.75, 3.05) is 19.3 Å². The van der Waals surface area contributed by atoms with Gasteiger partial charge in [-0.05, 0) is 12.8 Å². The van der Waals surface area contributed by atoms with Gasteiger partial charge in [0, 0.05) is 13.1 Å². The zero-order chi connectivity index (χ0) is 10.8. The van der Waals surface area contributed by atoms with Crippen molar-refractivity contribution in [1.82, 2.24) is 4.90 Å². The lowest BCUT2D eigenvalue weighted by atomic mass is 10.1. The van der Waals surface area contributed by atoms with E-state index < -0.39 is 22.3 Å². The summed E-state index contributed by atoms with van der Waals surface area (Å²) in [6, 6.07) is 0. The van der Waals surface area contributed by atoms with Gasteiger partial charge in [0.15, 0.2) is 0 Å². The molecular weight excluding hydrogens is 210 g/mol. The van der Waals surface area contributed by atoms with E-state index in [-0.39, 0.29) is 13.1 Å². The first-order valence-electron chi connectivity index (χ1n) is 4.22. The molecule has 1 rings (SSSR count). The number of carbonyl (C=O) groups excluding carboxylic acids is 1. The first-order chi connectivity index (χ1) is 6.38. The second-order valence-electron chi connectivity index (χ2n) is 3.25. The minimum Gasteiger partial charge on any atom is -0.530 e. The maximum Gasteiger partial charge on any atom is 0.264 e. The van der Waals surface area contributed by atoms with Crippen LogP contribution in [0, 0.1) is 0 Å². The average Bonchev–Trinajstić information content (AvgIpc) is 2.02. The van der Waals surface area contributed by atoms with E-state index in [4.69, 9.17) is 4.18 Å². The van der Waals surface area contributed by atoms with Crippen LogP contribution in [-0.2, 0) is 14.3 Å². The van der Waals surface area contributed by atoms with Crippen molar-refractivity contribution in [2.24, 2.45) is 0 Å². The van der Waals surface area contributed by atoms with E-state index in [2.05, 4.69) is 0 Å². The van der Waals surface area contributed by atoms with Crippen molar-refractivity contribution in [3.05, 3.63) is 0 Å². The van der Waals surface area contributed by atoms with E-state index in [9.17, 15) is 18.3 Å². The van der Waals surface area contributed by atoms with Crippen molar-refractivity contribution in [3.63, 3.8) is 0 Å². The first-order valence-corrected chi connectivity index (χ1v) is 6.04. The molecule has 1 fully saturated rings. The Bertz CT molecular complexity index is 304. The van der Waals surface area contributed by atoms with Gasteiger partial charge in [-0.15, -0.1) is 0 Å². The molecule has 1 aliphatic heterocycles. The fourth-order valence-electron chi connectivity index (χ4n) is 1.38. The summed E-state index contributed by atoms with van der Waals surface area (Å²) in [6.07, 6.45) is 0.142.